The van der Waals surface area contributed by atoms with Gasteiger partial charge in [0.25, 0.3) is 0 Å². The lowest BCUT2D eigenvalue weighted by Crippen LogP contribution is -2.40. The second-order valence-electron chi connectivity index (χ2n) is 9.22. The van der Waals surface area contributed by atoms with Crippen molar-refractivity contribution in [2.24, 2.45) is 5.41 Å². The summed E-state index contributed by atoms with van der Waals surface area (Å²) in [4.78, 5) is 28.7. The first-order valence-electron chi connectivity index (χ1n) is 11.4. The third kappa shape index (κ3) is 5.41. The molecule has 6 nitrogen and oxygen atoms in total. The molecule has 0 N–H and O–H groups in total. The molecule has 0 spiro atoms. The maximum Gasteiger partial charge on any atom is 0.169 e. The number of rotatable bonds is 7. The second kappa shape index (κ2) is 10.3. The number of hydrogen-bond donors (Lipinski definition) is 0. The van der Waals surface area contributed by atoms with E-state index in [-0.39, 0.29) is 17.0 Å². The van der Waals surface area contributed by atoms with Gasteiger partial charge in [-0.1, -0.05) is 33.3 Å². The van der Waals surface area contributed by atoms with Gasteiger partial charge in [-0.25, -0.2) is 0 Å². The first kappa shape index (κ1) is 24.1. The molecular weight excluding hydrogens is 406 g/mol. The number of Topliss-reactive ketones (excluding diaryl/α,β-unsaturated/α-hetero) is 2. The minimum Gasteiger partial charge on any atom is -0.493 e. The van der Waals surface area contributed by atoms with E-state index in [1.54, 1.807) is 14.2 Å². The van der Waals surface area contributed by atoms with Gasteiger partial charge >= 0.3 is 0 Å². The van der Waals surface area contributed by atoms with Crippen LogP contribution in [0.25, 0.3) is 6.08 Å². The quantitative estimate of drug-likeness (QED) is 0.461. The highest BCUT2D eigenvalue weighted by molar-refractivity contribution is 6.23. The zero-order valence-electron chi connectivity index (χ0n) is 20.0. The lowest BCUT2D eigenvalue weighted by molar-refractivity contribution is -0.127. The molecule has 3 rings (SSSR count). The first-order chi connectivity index (χ1) is 15.3. The average molecular weight is 442 g/mol. The number of methoxy groups -OCH3 is 2. The summed E-state index contributed by atoms with van der Waals surface area (Å²) in [6, 6.07) is 5.76. The van der Waals surface area contributed by atoms with E-state index in [1.165, 1.54) is 0 Å². The number of ketones is 2. The average Bonchev–Trinajstić information content (AvgIpc) is 2.75. The van der Waals surface area contributed by atoms with Crippen molar-refractivity contribution in [3.05, 3.63) is 40.6 Å². The van der Waals surface area contributed by atoms with E-state index in [0.29, 0.717) is 56.2 Å². The molecular formula is C26H35NO5. The summed E-state index contributed by atoms with van der Waals surface area (Å²) in [6.07, 6.45) is 4.50. The third-order valence-corrected chi connectivity index (χ3v) is 5.97. The molecule has 2 aliphatic rings. The Morgan fingerprint density at radius 3 is 2.25 bits per heavy atom. The van der Waals surface area contributed by atoms with Crippen LogP contribution >= 0.6 is 0 Å². The van der Waals surface area contributed by atoms with Gasteiger partial charge in [0, 0.05) is 25.9 Å². The van der Waals surface area contributed by atoms with Gasteiger partial charge in [-0.2, -0.15) is 0 Å². The molecule has 0 radical (unpaired) electrons. The van der Waals surface area contributed by atoms with Gasteiger partial charge in [-0.15, -0.1) is 0 Å². The Kier molecular flexibility index (Phi) is 7.77. The summed E-state index contributed by atoms with van der Waals surface area (Å²) in [5, 5.41) is 0. The summed E-state index contributed by atoms with van der Waals surface area (Å²) in [7, 11) is 3.22. The molecule has 0 atom stereocenters. The SMILES string of the molecule is CCC/C(=C/c1ccc(OC)c(OC)c1)C(=C1C(=O)CC(C)(C)CC1=O)N1CCOCC1. The number of carbonyl (C=O) groups is 2. The van der Waals surface area contributed by atoms with Crippen molar-refractivity contribution in [1.82, 2.24) is 4.90 Å². The van der Waals surface area contributed by atoms with Crippen molar-refractivity contribution in [3.63, 3.8) is 0 Å². The Morgan fingerprint density at radius 1 is 1.06 bits per heavy atom. The lowest BCUT2D eigenvalue weighted by Gasteiger charge is -2.36. The predicted octanol–water partition coefficient (Wildman–Crippen LogP) is 4.43. The zero-order chi connectivity index (χ0) is 23.3. The van der Waals surface area contributed by atoms with Crippen LogP contribution in [0.3, 0.4) is 0 Å². The van der Waals surface area contributed by atoms with E-state index in [0.717, 1.165) is 29.7 Å². The minimum absolute atomic E-state index is 0.0537. The number of hydrogen-bond acceptors (Lipinski definition) is 6. The largest absolute Gasteiger partial charge is 0.493 e. The highest BCUT2D eigenvalue weighted by atomic mass is 16.5. The monoisotopic (exact) mass is 441 g/mol. The molecule has 1 saturated heterocycles. The van der Waals surface area contributed by atoms with Gasteiger partial charge < -0.3 is 19.1 Å². The van der Waals surface area contributed by atoms with E-state index in [1.807, 2.05) is 32.0 Å². The summed E-state index contributed by atoms with van der Waals surface area (Å²) < 4.78 is 16.4. The molecule has 1 saturated carbocycles. The molecule has 1 aromatic rings. The number of ether oxygens (including phenoxy) is 3. The fraction of sp³-hybridized carbons (Fsp3) is 0.538. The molecule has 1 aliphatic heterocycles. The predicted molar refractivity (Wildman–Crippen MR) is 125 cm³/mol. The van der Waals surface area contributed by atoms with Gasteiger partial charge in [0.2, 0.25) is 0 Å². The standard InChI is InChI=1S/C26H35NO5/c1-6-7-19(14-18-8-9-22(30-4)23(15-18)31-5)25(27-10-12-32-13-11-27)24-20(28)16-26(2,3)17-21(24)29/h8-9,14-15H,6-7,10-13,16-17H2,1-5H3/b19-14-. The van der Waals surface area contributed by atoms with Crippen molar-refractivity contribution in [3.8, 4) is 11.5 Å². The van der Waals surface area contributed by atoms with Crippen LogP contribution in [0.1, 0.15) is 52.0 Å². The zero-order valence-corrected chi connectivity index (χ0v) is 20.0. The van der Waals surface area contributed by atoms with Crippen molar-refractivity contribution >= 4 is 17.6 Å². The van der Waals surface area contributed by atoms with Gasteiger partial charge in [-0.05, 0) is 41.2 Å². The maximum atomic E-state index is 13.2. The molecule has 1 aromatic carbocycles. The van der Waals surface area contributed by atoms with Crippen molar-refractivity contribution in [2.75, 3.05) is 40.5 Å². The summed E-state index contributed by atoms with van der Waals surface area (Å²) >= 11 is 0. The van der Waals surface area contributed by atoms with E-state index in [4.69, 9.17) is 14.2 Å². The number of allylic oxidation sites excluding steroid dienone is 2. The van der Waals surface area contributed by atoms with E-state index < -0.39 is 0 Å². The molecule has 6 heteroatoms. The molecule has 174 valence electrons. The van der Waals surface area contributed by atoms with Crippen molar-refractivity contribution in [1.29, 1.82) is 0 Å². The van der Waals surface area contributed by atoms with E-state index >= 15 is 0 Å². The van der Waals surface area contributed by atoms with Crippen LogP contribution in [0.4, 0.5) is 0 Å². The van der Waals surface area contributed by atoms with Gasteiger partial charge in [0.15, 0.2) is 23.1 Å². The second-order valence-corrected chi connectivity index (χ2v) is 9.22. The van der Waals surface area contributed by atoms with Crippen LogP contribution in [0.2, 0.25) is 0 Å². The van der Waals surface area contributed by atoms with Crippen LogP contribution in [0.15, 0.2) is 35.0 Å². The van der Waals surface area contributed by atoms with Gasteiger partial charge in [-0.3, -0.25) is 9.59 Å². The summed E-state index contributed by atoms with van der Waals surface area (Å²) in [5.74, 6) is 1.20. The third-order valence-electron chi connectivity index (χ3n) is 5.97. The van der Waals surface area contributed by atoms with Crippen LogP contribution in [-0.4, -0.2) is 57.0 Å². The summed E-state index contributed by atoms with van der Waals surface area (Å²) in [5.41, 5.74) is 2.79. The van der Waals surface area contributed by atoms with E-state index in [2.05, 4.69) is 17.9 Å². The van der Waals surface area contributed by atoms with Gasteiger partial charge in [0.05, 0.1) is 38.7 Å². The highest BCUT2D eigenvalue weighted by Gasteiger charge is 2.39. The topological polar surface area (TPSA) is 65.1 Å². The van der Waals surface area contributed by atoms with Crippen molar-refractivity contribution < 1.29 is 23.8 Å². The Hall–Kier alpha value is -2.60. The highest BCUT2D eigenvalue weighted by Crippen LogP contribution is 2.38. The van der Waals surface area contributed by atoms with Crippen LogP contribution in [-0.2, 0) is 14.3 Å². The van der Waals surface area contributed by atoms with Crippen LogP contribution in [0.5, 0.6) is 11.5 Å². The number of benzene rings is 1. The molecule has 1 heterocycles. The molecule has 0 bridgehead atoms. The Morgan fingerprint density at radius 2 is 1.69 bits per heavy atom. The number of nitrogens with zero attached hydrogens (tertiary/aromatic N) is 1. The molecule has 1 aliphatic carbocycles. The number of carbonyl (C=O) groups excluding carboxylic acids is 2. The normalized spacial score (nSPS) is 19.2. The first-order valence-corrected chi connectivity index (χ1v) is 11.4. The number of morpholine rings is 1. The Labute approximate surface area is 191 Å². The molecule has 0 unspecified atom stereocenters. The van der Waals surface area contributed by atoms with Crippen LogP contribution < -0.4 is 9.47 Å². The van der Waals surface area contributed by atoms with Crippen LogP contribution in [0, 0.1) is 5.41 Å². The molecule has 32 heavy (non-hydrogen) atoms. The fourth-order valence-corrected chi connectivity index (χ4v) is 4.51. The smallest absolute Gasteiger partial charge is 0.169 e. The molecule has 2 fully saturated rings. The maximum absolute atomic E-state index is 13.2. The van der Waals surface area contributed by atoms with Gasteiger partial charge in [0.1, 0.15) is 0 Å². The molecule has 0 aromatic heterocycles. The fourth-order valence-electron chi connectivity index (χ4n) is 4.51. The summed E-state index contributed by atoms with van der Waals surface area (Å²) in [6.45, 7) is 8.57. The molecule has 0 amide bonds. The minimum atomic E-state index is -0.300. The van der Waals surface area contributed by atoms with E-state index in [9.17, 15) is 9.59 Å². The Balaban J connectivity index is 2.15. The lowest BCUT2D eigenvalue weighted by atomic mass is 9.73. The van der Waals surface area contributed by atoms with Crippen molar-refractivity contribution in [2.45, 2.75) is 46.5 Å². The Bertz CT molecular complexity index is 900.